The van der Waals surface area contributed by atoms with Crippen molar-refractivity contribution in [1.29, 1.82) is 0 Å². The van der Waals surface area contributed by atoms with E-state index >= 15 is 0 Å². The largest absolute Gasteiger partial charge is 0.434 e. The van der Waals surface area contributed by atoms with E-state index in [9.17, 15) is 18.0 Å². The van der Waals surface area contributed by atoms with Crippen LogP contribution in [0.3, 0.4) is 0 Å². The molecule has 0 bridgehead atoms. The maximum absolute atomic E-state index is 12.5. The van der Waals surface area contributed by atoms with Gasteiger partial charge in [-0.3, -0.25) is 4.79 Å². The Labute approximate surface area is 117 Å². The highest BCUT2D eigenvalue weighted by molar-refractivity contribution is 7.09. The molecule has 2 saturated heterocycles. The first-order valence-electron chi connectivity index (χ1n) is 6.38. The molecule has 0 aliphatic carbocycles. The van der Waals surface area contributed by atoms with Gasteiger partial charge in [-0.1, -0.05) is 0 Å². The Bertz CT molecular complexity index is 505. The van der Waals surface area contributed by atoms with Crippen LogP contribution in [0.1, 0.15) is 29.5 Å². The van der Waals surface area contributed by atoms with Crippen molar-refractivity contribution >= 4 is 17.2 Å². The van der Waals surface area contributed by atoms with E-state index in [1.807, 2.05) is 0 Å². The van der Waals surface area contributed by atoms with E-state index < -0.39 is 11.9 Å². The van der Waals surface area contributed by atoms with Gasteiger partial charge < -0.3 is 9.64 Å². The number of hydrogen-bond donors (Lipinski definition) is 0. The zero-order chi connectivity index (χ0) is 14.3. The molecule has 0 spiro atoms. The molecule has 0 saturated carbocycles. The fraction of sp³-hybridized carbons (Fsp3) is 0.667. The van der Waals surface area contributed by atoms with Gasteiger partial charge in [0, 0.05) is 24.4 Å². The molecule has 2 fully saturated rings. The number of hydrogen-bond acceptors (Lipinski definition) is 4. The third-order valence-corrected chi connectivity index (χ3v) is 4.58. The lowest BCUT2D eigenvalue weighted by Crippen LogP contribution is -2.40. The van der Waals surface area contributed by atoms with Crippen LogP contribution in [0.4, 0.5) is 13.2 Å². The molecule has 0 aromatic carbocycles. The van der Waals surface area contributed by atoms with Gasteiger partial charge in [0.1, 0.15) is 0 Å². The second-order valence-electron chi connectivity index (χ2n) is 4.99. The number of epoxide rings is 1. The van der Waals surface area contributed by atoms with Gasteiger partial charge in [-0.15, -0.1) is 11.3 Å². The summed E-state index contributed by atoms with van der Waals surface area (Å²) in [6, 6.07) is 0. The van der Waals surface area contributed by atoms with Crippen molar-refractivity contribution in [3.05, 3.63) is 16.1 Å². The molecule has 8 heteroatoms. The van der Waals surface area contributed by atoms with Gasteiger partial charge in [-0.25, -0.2) is 4.98 Å². The Hall–Kier alpha value is -1.15. The quantitative estimate of drug-likeness (QED) is 0.787. The van der Waals surface area contributed by atoms with E-state index in [2.05, 4.69) is 4.98 Å². The van der Waals surface area contributed by atoms with Gasteiger partial charge in [0.2, 0.25) is 0 Å². The summed E-state index contributed by atoms with van der Waals surface area (Å²) < 4.78 is 42.5. The molecule has 1 aromatic rings. The second kappa shape index (κ2) is 5.00. The van der Waals surface area contributed by atoms with Crippen LogP contribution in [0, 0.1) is 0 Å². The van der Waals surface area contributed by atoms with Crippen LogP contribution < -0.4 is 0 Å². The molecule has 3 heterocycles. The van der Waals surface area contributed by atoms with Gasteiger partial charge in [0.05, 0.1) is 11.6 Å². The van der Waals surface area contributed by atoms with Crippen molar-refractivity contribution < 1.29 is 22.7 Å². The van der Waals surface area contributed by atoms with Crippen LogP contribution in [-0.2, 0) is 15.7 Å². The van der Waals surface area contributed by atoms with Gasteiger partial charge in [0.15, 0.2) is 11.8 Å². The van der Waals surface area contributed by atoms with E-state index in [4.69, 9.17) is 4.74 Å². The van der Waals surface area contributed by atoms with Gasteiger partial charge in [-0.05, 0) is 12.8 Å². The van der Waals surface area contributed by atoms with E-state index in [1.54, 1.807) is 4.90 Å². The normalized spacial score (nSPS) is 23.9. The minimum Gasteiger partial charge on any atom is -0.363 e. The lowest BCUT2D eigenvalue weighted by atomic mass is 9.97. The molecule has 1 amide bonds. The number of carbonyl (C=O) groups excluding carboxylic acids is 1. The molecule has 4 nitrogen and oxygen atoms in total. The SMILES string of the molecule is O=C(C1CO1)N1CCC(c2nc(C(F)(F)F)cs2)CC1. The maximum Gasteiger partial charge on any atom is 0.434 e. The third-order valence-electron chi connectivity index (χ3n) is 3.58. The number of thiazole rings is 1. The number of nitrogens with zero attached hydrogens (tertiary/aromatic N) is 2. The summed E-state index contributed by atoms with van der Waals surface area (Å²) in [4.78, 5) is 17.2. The molecule has 1 atom stereocenters. The number of amides is 1. The highest BCUT2D eigenvalue weighted by Crippen LogP contribution is 2.35. The monoisotopic (exact) mass is 306 g/mol. The lowest BCUT2D eigenvalue weighted by Gasteiger charge is -2.30. The first kappa shape index (κ1) is 13.8. The molecule has 2 aliphatic rings. The summed E-state index contributed by atoms with van der Waals surface area (Å²) in [5, 5.41) is 1.58. The molecule has 110 valence electrons. The van der Waals surface area contributed by atoms with Crippen molar-refractivity contribution in [2.24, 2.45) is 0 Å². The number of rotatable bonds is 2. The Morgan fingerprint density at radius 2 is 2.05 bits per heavy atom. The predicted molar refractivity (Wildman–Crippen MR) is 65.4 cm³/mol. The van der Waals surface area contributed by atoms with Crippen LogP contribution in [0.5, 0.6) is 0 Å². The highest BCUT2D eigenvalue weighted by atomic mass is 32.1. The topological polar surface area (TPSA) is 45.7 Å². The molecule has 1 unspecified atom stereocenters. The fourth-order valence-electron chi connectivity index (χ4n) is 2.35. The zero-order valence-corrected chi connectivity index (χ0v) is 11.3. The molecule has 3 rings (SSSR count). The summed E-state index contributed by atoms with van der Waals surface area (Å²) in [5.41, 5.74) is -0.817. The second-order valence-corrected chi connectivity index (χ2v) is 5.88. The number of carbonyl (C=O) groups is 1. The minimum atomic E-state index is -4.38. The first-order valence-corrected chi connectivity index (χ1v) is 7.26. The molecular formula is C12H13F3N2O2S. The molecule has 0 radical (unpaired) electrons. The molecule has 1 aromatic heterocycles. The average Bonchev–Trinajstić information content (AvgIpc) is 3.13. The third kappa shape index (κ3) is 2.80. The lowest BCUT2D eigenvalue weighted by molar-refractivity contribution is -0.140. The van der Waals surface area contributed by atoms with Crippen molar-refractivity contribution in [2.75, 3.05) is 19.7 Å². The average molecular weight is 306 g/mol. The number of alkyl halides is 3. The summed E-state index contributed by atoms with van der Waals surface area (Å²) in [5.74, 6) is 0.0128. The van der Waals surface area contributed by atoms with Crippen molar-refractivity contribution in [2.45, 2.75) is 31.0 Å². The van der Waals surface area contributed by atoms with E-state index in [-0.39, 0.29) is 17.9 Å². The van der Waals surface area contributed by atoms with Crippen molar-refractivity contribution in [3.63, 3.8) is 0 Å². The summed E-state index contributed by atoms with van der Waals surface area (Å²) >= 11 is 1.05. The van der Waals surface area contributed by atoms with Crippen LogP contribution in [0.2, 0.25) is 0 Å². The smallest absolute Gasteiger partial charge is 0.363 e. The predicted octanol–water partition coefficient (Wildman–Crippen LogP) is 2.27. The van der Waals surface area contributed by atoms with Gasteiger partial charge >= 0.3 is 6.18 Å². The van der Waals surface area contributed by atoms with Gasteiger partial charge in [0.25, 0.3) is 5.91 Å². The van der Waals surface area contributed by atoms with Crippen LogP contribution in [0.15, 0.2) is 5.38 Å². The Morgan fingerprint density at radius 3 is 2.55 bits per heavy atom. The van der Waals surface area contributed by atoms with E-state index in [1.165, 1.54) is 0 Å². The fourth-order valence-corrected chi connectivity index (χ4v) is 3.34. The number of piperidine rings is 1. The summed E-state index contributed by atoms with van der Waals surface area (Å²) in [6.45, 7) is 1.61. The molecule has 2 aliphatic heterocycles. The van der Waals surface area contributed by atoms with Gasteiger partial charge in [-0.2, -0.15) is 13.2 Å². The highest BCUT2D eigenvalue weighted by Gasteiger charge is 2.38. The van der Waals surface area contributed by atoms with Crippen molar-refractivity contribution in [1.82, 2.24) is 9.88 Å². The number of halogens is 3. The van der Waals surface area contributed by atoms with Crippen LogP contribution >= 0.6 is 11.3 Å². The Balaban J connectivity index is 1.60. The maximum atomic E-state index is 12.5. The Morgan fingerprint density at radius 1 is 1.40 bits per heavy atom. The Kier molecular flexibility index (Phi) is 3.45. The molecule has 0 N–H and O–H groups in total. The number of aromatic nitrogens is 1. The van der Waals surface area contributed by atoms with Crippen LogP contribution in [-0.4, -0.2) is 41.6 Å². The number of ether oxygens (including phenoxy) is 1. The molecular weight excluding hydrogens is 293 g/mol. The summed E-state index contributed by atoms with van der Waals surface area (Å²) in [7, 11) is 0. The summed E-state index contributed by atoms with van der Waals surface area (Å²) in [6.07, 6.45) is -3.36. The van der Waals surface area contributed by atoms with E-state index in [0.29, 0.717) is 37.5 Å². The molecule has 20 heavy (non-hydrogen) atoms. The first-order chi connectivity index (χ1) is 9.45. The number of likely N-dealkylation sites (tertiary alicyclic amines) is 1. The van der Waals surface area contributed by atoms with Crippen molar-refractivity contribution in [3.8, 4) is 0 Å². The van der Waals surface area contributed by atoms with Crippen LogP contribution in [0.25, 0.3) is 0 Å². The minimum absolute atomic E-state index is 0.00132. The standard InChI is InChI=1S/C12H13F3N2O2S/c13-12(14,15)9-6-20-10(16-9)7-1-3-17(4-2-7)11(18)8-5-19-8/h6-8H,1-5H2. The zero-order valence-electron chi connectivity index (χ0n) is 10.5. The van der Waals surface area contributed by atoms with E-state index in [0.717, 1.165) is 16.7 Å².